The molecule has 0 amide bonds. The number of aromatic nitrogens is 1. The molecule has 2 rings (SSSR count). The lowest BCUT2D eigenvalue weighted by molar-refractivity contribution is 0.0796. The molecule has 0 aromatic carbocycles. The molecular weight excluding hydrogens is 292 g/mol. The third-order valence-corrected chi connectivity index (χ3v) is 3.41. The minimum absolute atomic E-state index is 0.444. The Kier molecular flexibility index (Phi) is 7.23. The van der Waals surface area contributed by atoms with Crippen LogP contribution in [-0.4, -0.2) is 44.6 Å². The van der Waals surface area contributed by atoms with Gasteiger partial charge in [0.2, 0.25) is 5.88 Å². The molecule has 1 aliphatic carbocycles. The van der Waals surface area contributed by atoms with Crippen molar-refractivity contribution in [3.05, 3.63) is 22.8 Å². The van der Waals surface area contributed by atoms with Gasteiger partial charge in [0.15, 0.2) is 0 Å². The summed E-state index contributed by atoms with van der Waals surface area (Å²) in [5.74, 6) is 0.465. The fourth-order valence-electron chi connectivity index (χ4n) is 1.82. The van der Waals surface area contributed by atoms with E-state index in [-0.39, 0.29) is 0 Å². The summed E-state index contributed by atoms with van der Waals surface area (Å²) in [5, 5.41) is 3.97. The van der Waals surface area contributed by atoms with Gasteiger partial charge in [-0.2, -0.15) is 0 Å². The monoisotopic (exact) mass is 314 g/mol. The molecule has 1 fully saturated rings. The van der Waals surface area contributed by atoms with Crippen LogP contribution >= 0.6 is 11.6 Å². The van der Waals surface area contributed by atoms with Gasteiger partial charge in [0.25, 0.3) is 0 Å². The van der Waals surface area contributed by atoms with E-state index >= 15 is 0 Å². The molecule has 1 heterocycles. The van der Waals surface area contributed by atoms with E-state index in [4.69, 9.17) is 25.8 Å². The molecule has 0 radical (unpaired) electrons. The Morgan fingerprint density at radius 2 is 2.14 bits per heavy atom. The Bertz CT molecular complexity index is 427. The van der Waals surface area contributed by atoms with Crippen molar-refractivity contribution in [1.29, 1.82) is 0 Å². The number of nitrogens with zero attached hydrogens (tertiary/aromatic N) is 1. The Morgan fingerprint density at radius 3 is 2.86 bits per heavy atom. The van der Waals surface area contributed by atoms with Crippen LogP contribution in [0.1, 0.15) is 24.8 Å². The normalized spacial score (nSPS) is 14.4. The van der Waals surface area contributed by atoms with Crippen LogP contribution < -0.4 is 10.1 Å². The summed E-state index contributed by atoms with van der Waals surface area (Å²) in [4.78, 5) is 4.25. The average Bonchev–Trinajstić information content (AvgIpc) is 3.30. The number of pyridine rings is 1. The van der Waals surface area contributed by atoms with Crippen LogP contribution in [0.5, 0.6) is 5.88 Å². The zero-order valence-corrected chi connectivity index (χ0v) is 13.2. The second-order valence-corrected chi connectivity index (χ2v) is 5.50. The quantitative estimate of drug-likeness (QED) is 0.636. The van der Waals surface area contributed by atoms with Gasteiger partial charge >= 0.3 is 0 Å². The van der Waals surface area contributed by atoms with E-state index in [2.05, 4.69) is 10.3 Å². The van der Waals surface area contributed by atoms with E-state index in [9.17, 15) is 0 Å². The van der Waals surface area contributed by atoms with Crippen LogP contribution in [0.3, 0.4) is 0 Å². The van der Waals surface area contributed by atoms with Crippen molar-refractivity contribution >= 4 is 11.6 Å². The van der Waals surface area contributed by atoms with Crippen LogP contribution in [0.25, 0.3) is 0 Å². The van der Waals surface area contributed by atoms with Gasteiger partial charge in [-0.05, 0) is 30.9 Å². The molecule has 0 saturated heterocycles. The van der Waals surface area contributed by atoms with E-state index in [1.54, 1.807) is 13.3 Å². The van der Waals surface area contributed by atoms with Gasteiger partial charge in [-0.1, -0.05) is 11.6 Å². The molecule has 1 aromatic rings. The molecule has 118 valence electrons. The highest BCUT2D eigenvalue weighted by atomic mass is 35.5. The molecule has 1 aromatic heterocycles. The molecule has 0 atom stereocenters. The van der Waals surface area contributed by atoms with Crippen LogP contribution in [0.4, 0.5) is 0 Å². The van der Waals surface area contributed by atoms with Crippen LogP contribution in [0, 0.1) is 0 Å². The van der Waals surface area contributed by atoms with Gasteiger partial charge in [-0.3, -0.25) is 0 Å². The van der Waals surface area contributed by atoms with Crippen molar-refractivity contribution < 1.29 is 14.2 Å². The number of hydrogen-bond acceptors (Lipinski definition) is 5. The minimum Gasteiger partial charge on any atom is -0.474 e. The number of hydrogen-bond donors (Lipinski definition) is 1. The maximum absolute atomic E-state index is 6.17. The van der Waals surface area contributed by atoms with Gasteiger partial charge in [0.05, 0.1) is 6.61 Å². The summed E-state index contributed by atoms with van der Waals surface area (Å²) in [6, 6.07) is 2.58. The first-order chi connectivity index (χ1) is 10.3. The van der Waals surface area contributed by atoms with Gasteiger partial charge in [0, 0.05) is 39.1 Å². The van der Waals surface area contributed by atoms with Gasteiger partial charge < -0.3 is 19.5 Å². The Hall–Kier alpha value is -0.880. The second kappa shape index (κ2) is 9.20. The highest BCUT2D eigenvalue weighted by Gasteiger charge is 2.20. The molecule has 0 aliphatic heterocycles. The Morgan fingerprint density at radius 1 is 1.29 bits per heavy atom. The summed E-state index contributed by atoms with van der Waals surface area (Å²) < 4.78 is 15.9. The molecule has 1 saturated carbocycles. The van der Waals surface area contributed by atoms with Crippen LogP contribution in [0.2, 0.25) is 5.02 Å². The molecule has 6 heteroatoms. The second-order valence-electron chi connectivity index (χ2n) is 5.09. The third kappa shape index (κ3) is 6.61. The fraction of sp³-hybridized carbons (Fsp3) is 0.667. The largest absolute Gasteiger partial charge is 0.474 e. The first kappa shape index (κ1) is 16.5. The van der Waals surface area contributed by atoms with E-state index in [0.717, 1.165) is 18.5 Å². The predicted molar refractivity (Wildman–Crippen MR) is 81.9 cm³/mol. The number of nitrogens with one attached hydrogen (secondary N) is 1. The van der Waals surface area contributed by atoms with E-state index < -0.39 is 0 Å². The molecule has 0 spiro atoms. The number of methoxy groups -OCH3 is 1. The Labute approximate surface area is 130 Å². The van der Waals surface area contributed by atoms with E-state index in [1.165, 1.54) is 12.8 Å². The van der Waals surface area contributed by atoms with Crippen LogP contribution in [-0.2, 0) is 16.0 Å². The third-order valence-electron chi connectivity index (χ3n) is 3.14. The molecule has 1 N–H and O–H groups in total. The lowest BCUT2D eigenvalue weighted by Gasteiger charge is -2.09. The number of rotatable bonds is 11. The molecular formula is C15H23ClN2O3. The minimum atomic E-state index is 0.444. The first-order valence-corrected chi connectivity index (χ1v) is 7.74. The molecule has 0 unspecified atom stereocenters. The lowest BCUT2D eigenvalue weighted by atomic mass is 10.3. The first-order valence-electron chi connectivity index (χ1n) is 7.37. The summed E-state index contributed by atoms with van der Waals surface area (Å²) in [7, 11) is 1.68. The summed E-state index contributed by atoms with van der Waals surface area (Å²) in [6.07, 6.45) is 5.23. The van der Waals surface area contributed by atoms with E-state index in [1.807, 2.05) is 6.07 Å². The highest BCUT2D eigenvalue weighted by molar-refractivity contribution is 6.31. The summed E-state index contributed by atoms with van der Waals surface area (Å²) in [6.45, 7) is 3.15. The maximum atomic E-state index is 6.17. The van der Waals surface area contributed by atoms with Crippen molar-refractivity contribution in [1.82, 2.24) is 10.3 Å². The standard InChI is InChI=1S/C15H23ClN2O3/c1-19-5-2-6-20-7-8-21-15-14(16)9-12(11-18-15)10-17-13-3-4-13/h9,11,13,17H,2-8,10H2,1H3. The highest BCUT2D eigenvalue weighted by Crippen LogP contribution is 2.23. The van der Waals surface area contributed by atoms with Gasteiger partial charge in [-0.15, -0.1) is 0 Å². The number of ether oxygens (including phenoxy) is 3. The van der Waals surface area contributed by atoms with Gasteiger partial charge in [0.1, 0.15) is 11.6 Å². The lowest BCUT2D eigenvalue weighted by Crippen LogP contribution is -2.15. The SMILES string of the molecule is COCCCOCCOc1ncc(CNC2CC2)cc1Cl. The molecule has 0 bridgehead atoms. The maximum Gasteiger partial charge on any atom is 0.232 e. The molecule has 21 heavy (non-hydrogen) atoms. The Balaban J connectivity index is 1.63. The van der Waals surface area contributed by atoms with Crippen molar-refractivity contribution in [3.8, 4) is 5.88 Å². The van der Waals surface area contributed by atoms with Crippen LogP contribution in [0.15, 0.2) is 12.3 Å². The average molecular weight is 315 g/mol. The summed E-state index contributed by atoms with van der Waals surface area (Å²) >= 11 is 6.17. The topological polar surface area (TPSA) is 52.6 Å². The zero-order chi connectivity index (χ0) is 14.9. The molecule has 1 aliphatic rings. The van der Waals surface area contributed by atoms with Crippen molar-refractivity contribution in [2.45, 2.75) is 31.8 Å². The number of halogens is 1. The van der Waals surface area contributed by atoms with E-state index in [0.29, 0.717) is 43.4 Å². The van der Waals surface area contributed by atoms with Gasteiger partial charge in [-0.25, -0.2) is 4.98 Å². The molecule has 5 nitrogen and oxygen atoms in total. The fourth-order valence-corrected chi connectivity index (χ4v) is 2.07. The van der Waals surface area contributed by atoms with Crippen molar-refractivity contribution in [3.63, 3.8) is 0 Å². The van der Waals surface area contributed by atoms with Crippen molar-refractivity contribution in [2.24, 2.45) is 0 Å². The van der Waals surface area contributed by atoms with Crippen molar-refractivity contribution in [2.75, 3.05) is 33.5 Å². The smallest absolute Gasteiger partial charge is 0.232 e. The summed E-state index contributed by atoms with van der Waals surface area (Å²) in [5.41, 5.74) is 1.08. The predicted octanol–water partition coefficient (Wildman–Crippen LogP) is 2.42. The zero-order valence-electron chi connectivity index (χ0n) is 12.4.